The summed E-state index contributed by atoms with van der Waals surface area (Å²) in [5, 5.41) is 3.10. The smallest absolute Gasteiger partial charge is 0.254 e. The van der Waals surface area contributed by atoms with Crippen LogP contribution < -0.4 is 14.8 Å². The van der Waals surface area contributed by atoms with Crippen molar-refractivity contribution in [3.63, 3.8) is 0 Å². The van der Waals surface area contributed by atoms with E-state index in [1.165, 1.54) is 0 Å². The summed E-state index contributed by atoms with van der Waals surface area (Å²) >= 11 is 0. The fourth-order valence-electron chi connectivity index (χ4n) is 3.82. The molecule has 0 aromatic heterocycles. The second-order valence-corrected chi connectivity index (χ2v) is 7.25. The van der Waals surface area contributed by atoms with Gasteiger partial charge in [0.15, 0.2) is 11.5 Å². The largest absolute Gasteiger partial charge is 0.490 e. The van der Waals surface area contributed by atoms with Gasteiger partial charge in [-0.3, -0.25) is 9.59 Å². The molecule has 1 N–H and O–H groups in total. The van der Waals surface area contributed by atoms with Crippen LogP contribution in [0.2, 0.25) is 0 Å². The molecule has 0 aliphatic carbocycles. The van der Waals surface area contributed by atoms with Gasteiger partial charge in [0.25, 0.3) is 5.91 Å². The molecule has 28 heavy (non-hydrogen) atoms. The summed E-state index contributed by atoms with van der Waals surface area (Å²) in [6, 6.07) is 5.49. The standard InChI is InChI=1S/C21H31N3O4/c1-3-12-28-18-8-7-16(13-19(18)27-4-2)21(26)23-10-5-6-17(15-23)24-11-9-22-14-20(24)25/h7-8,13,17,22H,3-6,9-12,14-15H2,1-2H3. The maximum atomic E-state index is 13.1. The van der Waals surface area contributed by atoms with E-state index in [-0.39, 0.29) is 17.9 Å². The first-order valence-electron chi connectivity index (χ1n) is 10.3. The lowest BCUT2D eigenvalue weighted by molar-refractivity contribution is -0.135. The Balaban J connectivity index is 1.71. The van der Waals surface area contributed by atoms with Gasteiger partial charge in [-0.2, -0.15) is 0 Å². The van der Waals surface area contributed by atoms with Crippen LogP contribution in [0.3, 0.4) is 0 Å². The zero-order valence-corrected chi connectivity index (χ0v) is 16.9. The average molecular weight is 389 g/mol. The minimum Gasteiger partial charge on any atom is -0.490 e. The molecule has 3 rings (SSSR count). The van der Waals surface area contributed by atoms with Gasteiger partial charge < -0.3 is 24.6 Å². The summed E-state index contributed by atoms with van der Waals surface area (Å²) in [7, 11) is 0. The molecule has 1 aromatic rings. The quantitative estimate of drug-likeness (QED) is 0.771. The van der Waals surface area contributed by atoms with Crippen LogP contribution in [-0.4, -0.2) is 73.6 Å². The fourth-order valence-corrected chi connectivity index (χ4v) is 3.82. The van der Waals surface area contributed by atoms with Gasteiger partial charge in [0.05, 0.1) is 19.8 Å². The molecule has 2 heterocycles. The Kier molecular flexibility index (Phi) is 7.14. The van der Waals surface area contributed by atoms with Crippen LogP contribution in [0.25, 0.3) is 0 Å². The summed E-state index contributed by atoms with van der Waals surface area (Å²) < 4.78 is 11.4. The summed E-state index contributed by atoms with van der Waals surface area (Å²) in [5.41, 5.74) is 0.597. The zero-order valence-electron chi connectivity index (χ0n) is 16.9. The maximum Gasteiger partial charge on any atom is 0.254 e. The molecule has 0 spiro atoms. The van der Waals surface area contributed by atoms with Crippen molar-refractivity contribution >= 4 is 11.8 Å². The molecule has 0 saturated carbocycles. The van der Waals surface area contributed by atoms with Gasteiger partial charge in [0.2, 0.25) is 5.91 Å². The summed E-state index contributed by atoms with van der Waals surface area (Å²) in [5.74, 6) is 1.38. The highest BCUT2D eigenvalue weighted by atomic mass is 16.5. The third-order valence-corrected chi connectivity index (χ3v) is 5.20. The van der Waals surface area contributed by atoms with Crippen LogP contribution in [-0.2, 0) is 4.79 Å². The van der Waals surface area contributed by atoms with Gasteiger partial charge in [0.1, 0.15) is 0 Å². The van der Waals surface area contributed by atoms with E-state index in [0.717, 1.165) is 25.8 Å². The normalized spacial score (nSPS) is 20.2. The van der Waals surface area contributed by atoms with Crippen LogP contribution >= 0.6 is 0 Å². The number of carbonyl (C=O) groups is 2. The molecular weight excluding hydrogens is 358 g/mol. The molecule has 2 amide bonds. The number of piperidine rings is 1. The van der Waals surface area contributed by atoms with Crippen LogP contribution in [0.15, 0.2) is 18.2 Å². The zero-order chi connectivity index (χ0) is 19.9. The molecule has 2 aliphatic rings. The Morgan fingerprint density at radius 2 is 2.07 bits per heavy atom. The van der Waals surface area contributed by atoms with Gasteiger partial charge in [-0.1, -0.05) is 6.92 Å². The first-order chi connectivity index (χ1) is 13.6. The highest BCUT2D eigenvalue weighted by Crippen LogP contribution is 2.30. The van der Waals surface area contributed by atoms with E-state index >= 15 is 0 Å². The lowest BCUT2D eigenvalue weighted by Gasteiger charge is -2.41. The number of piperazine rings is 1. The van der Waals surface area contributed by atoms with E-state index in [4.69, 9.17) is 9.47 Å². The molecular formula is C21H31N3O4. The fraction of sp³-hybridized carbons (Fsp3) is 0.619. The number of hydrogen-bond acceptors (Lipinski definition) is 5. The summed E-state index contributed by atoms with van der Waals surface area (Å²) in [6.45, 7) is 8.30. The Bertz CT molecular complexity index is 694. The third kappa shape index (κ3) is 4.76. The maximum absolute atomic E-state index is 13.1. The van der Waals surface area contributed by atoms with E-state index in [0.29, 0.717) is 56.5 Å². The van der Waals surface area contributed by atoms with Crippen molar-refractivity contribution in [3.05, 3.63) is 23.8 Å². The monoisotopic (exact) mass is 389 g/mol. The predicted octanol–water partition coefficient (Wildman–Crippen LogP) is 1.91. The number of amides is 2. The van der Waals surface area contributed by atoms with Crippen molar-refractivity contribution in [2.75, 3.05) is 45.9 Å². The van der Waals surface area contributed by atoms with Crippen molar-refractivity contribution in [3.8, 4) is 11.5 Å². The second-order valence-electron chi connectivity index (χ2n) is 7.25. The van der Waals surface area contributed by atoms with E-state index < -0.39 is 0 Å². The molecule has 7 nitrogen and oxygen atoms in total. The minimum atomic E-state index is -0.0183. The van der Waals surface area contributed by atoms with Gasteiger partial charge in [-0.25, -0.2) is 0 Å². The first-order valence-corrected chi connectivity index (χ1v) is 10.3. The topological polar surface area (TPSA) is 71.1 Å². The predicted molar refractivity (Wildman–Crippen MR) is 107 cm³/mol. The van der Waals surface area contributed by atoms with Gasteiger partial charge in [-0.15, -0.1) is 0 Å². The van der Waals surface area contributed by atoms with Crippen molar-refractivity contribution < 1.29 is 19.1 Å². The van der Waals surface area contributed by atoms with Crippen LogP contribution in [0.5, 0.6) is 11.5 Å². The number of nitrogens with one attached hydrogen (secondary N) is 1. The Hall–Kier alpha value is -2.28. The lowest BCUT2D eigenvalue weighted by Crippen LogP contribution is -2.57. The Morgan fingerprint density at radius 1 is 1.21 bits per heavy atom. The number of likely N-dealkylation sites (tertiary alicyclic amines) is 1. The van der Waals surface area contributed by atoms with Crippen molar-refractivity contribution in [2.45, 2.75) is 39.2 Å². The highest BCUT2D eigenvalue weighted by Gasteiger charge is 2.32. The molecule has 2 aliphatic heterocycles. The highest BCUT2D eigenvalue weighted by molar-refractivity contribution is 5.95. The first kappa shape index (κ1) is 20.5. The molecule has 154 valence electrons. The van der Waals surface area contributed by atoms with Crippen molar-refractivity contribution in [1.82, 2.24) is 15.1 Å². The third-order valence-electron chi connectivity index (χ3n) is 5.20. The van der Waals surface area contributed by atoms with E-state index in [2.05, 4.69) is 5.32 Å². The number of ether oxygens (including phenoxy) is 2. The van der Waals surface area contributed by atoms with E-state index in [1.807, 2.05) is 29.7 Å². The van der Waals surface area contributed by atoms with E-state index in [1.54, 1.807) is 12.1 Å². The second kappa shape index (κ2) is 9.78. The van der Waals surface area contributed by atoms with Crippen molar-refractivity contribution in [2.24, 2.45) is 0 Å². The SMILES string of the molecule is CCCOc1ccc(C(=O)N2CCCC(N3CCNCC3=O)C2)cc1OCC. The molecule has 0 radical (unpaired) electrons. The number of carbonyl (C=O) groups excluding carboxylic acids is 2. The number of benzene rings is 1. The van der Waals surface area contributed by atoms with Crippen molar-refractivity contribution in [1.29, 1.82) is 0 Å². The van der Waals surface area contributed by atoms with E-state index in [9.17, 15) is 9.59 Å². The van der Waals surface area contributed by atoms with Crippen LogP contribution in [0.4, 0.5) is 0 Å². The number of nitrogens with zero attached hydrogens (tertiary/aromatic N) is 2. The summed E-state index contributed by atoms with van der Waals surface area (Å²) in [4.78, 5) is 29.1. The number of hydrogen-bond donors (Lipinski definition) is 1. The molecule has 1 unspecified atom stereocenters. The Labute approximate surface area is 167 Å². The molecule has 7 heteroatoms. The van der Waals surface area contributed by atoms with Gasteiger partial charge in [-0.05, 0) is 44.4 Å². The number of rotatable bonds is 7. The summed E-state index contributed by atoms with van der Waals surface area (Å²) in [6.07, 6.45) is 2.76. The lowest BCUT2D eigenvalue weighted by atomic mass is 10.0. The molecule has 0 bridgehead atoms. The minimum absolute atomic E-state index is 0.0183. The molecule has 2 fully saturated rings. The molecule has 1 aromatic carbocycles. The van der Waals surface area contributed by atoms with Gasteiger partial charge in [0, 0.05) is 37.8 Å². The molecule has 2 saturated heterocycles. The van der Waals surface area contributed by atoms with Crippen LogP contribution in [0, 0.1) is 0 Å². The van der Waals surface area contributed by atoms with Crippen LogP contribution in [0.1, 0.15) is 43.5 Å². The Morgan fingerprint density at radius 3 is 2.82 bits per heavy atom. The molecule has 1 atom stereocenters. The van der Waals surface area contributed by atoms with Gasteiger partial charge >= 0.3 is 0 Å². The average Bonchev–Trinajstić information content (AvgIpc) is 2.73.